The summed E-state index contributed by atoms with van der Waals surface area (Å²) >= 11 is 0. The highest BCUT2D eigenvalue weighted by atomic mass is 16.5. The lowest BCUT2D eigenvalue weighted by atomic mass is 10.1. The predicted molar refractivity (Wildman–Crippen MR) is 113 cm³/mol. The van der Waals surface area contributed by atoms with Crippen LogP contribution in [0.15, 0.2) is 60.9 Å². The number of hydrogen-bond acceptors (Lipinski definition) is 5. The number of ether oxygens (including phenoxy) is 1. The van der Waals surface area contributed by atoms with E-state index >= 15 is 0 Å². The first-order chi connectivity index (χ1) is 14.1. The number of para-hydroxylation sites is 1. The molecule has 1 N–H and O–H groups in total. The van der Waals surface area contributed by atoms with Gasteiger partial charge in [-0.05, 0) is 49.6 Å². The summed E-state index contributed by atoms with van der Waals surface area (Å²) in [6.45, 7) is 5.14. The summed E-state index contributed by atoms with van der Waals surface area (Å²) in [5.74, 6) is 1.14. The largest absolute Gasteiger partial charge is 0.475 e. The van der Waals surface area contributed by atoms with Gasteiger partial charge in [-0.2, -0.15) is 0 Å². The van der Waals surface area contributed by atoms with Gasteiger partial charge >= 0.3 is 0 Å². The molecule has 0 spiro atoms. The van der Waals surface area contributed by atoms with Gasteiger partial charge in [0.15, 0.2) is 0 Å². The van der Waals surface area contributed by atoms with Crippen LogP contribution in [0, 0.1) is 0 Å². The minimum Gasteiger partial charge on any atom is -0.475 e. The number of amides is 1. The first kappa shape index (κ1) is 18.9. The Hall–Kier alpha value is -3.41. The third-order valence-electron chi connectivity index (χ3n) is 4.78. The number of fused-ring (bicyclic) bond motifs is 1. The summed E-state index contributed by atoms with van der Waals surface area (Å²) in [7, 11) is 0. The van der Waals surface area contributed by atoms with Gasteiger partial charge in [0.25, 0.3) is 5.91 Å². The van der Waals surface area contributed by atoms with Crippen LogP contribution >= 0.6 is 0 Å². The number of carbonyl (C=O) groups is 1. The molecule has 1 aliphatic rings. The molecule has 29 heavy (non-hydrogen) atoms. The number of nitrogens with zero attached hydrogens (tertiary/aromatic N) is 3. The molecule has 0 aliphatic carbocycles. The van der Waals surface area contributed by atoms with Crippen LogP contribution in [0.25, 0.3) is 0 Å². The van der Waals surface area contributed by atoms with Crippen molar-refractivity contribution in [3.63, 3.8) is 0 Å². The predicted octanol–water partition coefficient (Wildman–Crippen LogP) is 4.08. The van der Waals surface area contributed by atoms with Crippen LogP contribution in [0.2, 0.25) is 0 Å². The van der Waals surface area contributed by atoms with Crippen molar-refractivity contribution in [2.24, 2.45) is 0 Å². The average Bonchev–Trinajstić information content (AvgIpc) is 3.17. The number of nitrogens with one attached hydrogen (secondary N) is 1. The van der Waals surface area contributed by atoms with Gasteiger partial charge in [0.1, 0.15) is 5.82 Å². The van der Waals surface area contributed by atoms with Crippen molar-refractivity contribution < 1.29 is 9.53 Å². The summed E-state index contributed by atoms with van der Waals surface area (Å²) in [5.41, 5.74) is 3.74. The van der Waals surface area contributed by atoms with Gasteiger partial charge in [-0.15, -0.1) is 0 Å². The minimum absolute atomic E-state index is 0.0376. The Balaban J connectivity index is 1.48. The fourth-order valence-electron chi connectivity index (χ4n) is 3.43. The lowest BCUT2D eigenvalue weighted by Crippen LogP contribution is -2.29. The zero-order valence-electron chi connectivity index (χ0n) is 16.6. The highest BCUT2D eigenvalue weighted by Gasteiger charge is 2.26. The summed E-state index contributed by atoms with van der Waals surface area (Å²) in [5, 5.41) is 3.28. The van der Waals surface area contributed by atoms with Gasteiger partial charge in [-0.25, -0.2) is 9.97 Å². The van der Waals surface area contributed by atoms with Crippen LogP contribution in [-0.4, -0.2) is 28.5 Å². The van der Waals surface area contributed by atoms with Gasteiger partial charge in [-0.3, -0.25) is 4.79 Å². The molecule has 6 heteroatoms. The van der Waals surface area contributed by atoms with Crippen molar-refractivity contribution in [3.05, 3.63) is 77.6 Å². The Morgan fingerprint density at radius 1 is 1.14 bits per heavy atom. The quantitative estimate of drug-likeness (QED) is 0.689. The Morgan fingerprint density at radius 2 is 2.00 bits per heavy atom. The molecule has 0 saturated heterocycles. The number of hydrogen-bond donors (Lipinski definition) is 1. The smallest absolute Gasteiger partial charge is 0.262 e. The van der Waals surface area contributed by atoms with Crippen LogP contribution < -0.4 is 15.0 Å². The molecule has 1 aliphatic heterocycles. The van der Waals surface area contributed by atoms with Gasteiger partial charge in [0.2, 0.25) is 5.88 Å². The Morgan fingerprint density at radius 3 is 2.79 bits per heavy atom. The molecule has 6 nitrogen and oxygen atoms in total. The van der Waals surface area contributed by atoms with E-state index in [-0.39, 0.29) is 12.0 Å². The molecular formula is C23H24N4O2. The van der Waals surface area contributed by atoms with Crippen LogP contribution in [-0.2, 0) is 13.0 Å². The molecule has 0 unspecified atom stereocenters. The molecular weight excluding hydrogens is 364 g/mol. The van der Waals surface area contributed by atoms with E-state index in [1.54, 1.807) is 18.5 Å². The third kappa shape index (κ3) is 4.21. The van der Waals surface area contributed by atoms with Crippen molar-refractivity contribution >= 4 is 17.4 Å². The maximum absolute atomic E-state index is 13.2. The lowest BCUT2D eigenvalue weighted by molar-refractivity contribution is 0.0990. The zero-order valence-corrected chi connectivity index (χ0v) is 16.6. The molecule has 148 valence electrons. The molecule has 0 fully saturated rings. The number of carbonyl (C=O) groups excluding carboxylic acids is 1. The molecule has 2 aromatic heterocycles. The van der Waals surface area contributed by atoms with E-state index in [0.29, 0.717) is 30.4 Å². The summed E-state index contributed by atoms with van der Waals surface area (Å²) in [4.78, 5) is 23.8. The molecule has 1 amide bonds. The number of rotatable bonds is 6. The van der Waals surface area contributed by atoms with Crippen LogP contribution in [0.5, 0.6) is 5.88 Å². The molecule has 3 heterocycles. The topological polar surface area (TPSA) is 67.3 Å². The van der Waals surface area contributed by atoms with Crippen LogP contribution in [0.1, 0.15) is 35.3 Å². The van der Waals surface area contributed by atoms with Crippen molar-refractivity contribution in [3.8, 4) is 5.88 Å². The van der Waals surface area contributed by atoms with Gasteiger partial charge in [0.05, 0.1) is 11.7 Å². The second-order valence-electron chi connectivity index (χ2n) is 7.26. The number of benzene rings is 1. The molecule has 0 atom stereocenters. The van der Waals surface area contributed by atoms with Gasteiger partial charge in [0, 0.05) is 37.2 Å². The third-order valence-corrected chi connectivity index (χ3v) is 4.78. The van der Waals surface area contributed by atoms with Crippen molar-refractivity contribution in [1.82, 2.24) is 9.97 Å². The lowest BCUT2D eigenvalue weighted by Gasteiger charge is -2.19. The van der Waals surface area contributed by atoms with Crippen molar-refractivity contribution in [1.29, 1.82) is 0 Å². The first-order valence-corrected chi connectivity index (χ1v) is 9.82. The molecule has 3 aromatic rings. The Bertz CT molecular complexity index is 1000. The fourth-order valence-corrected chi connectivity index (χ4v) is 3.43. The van der Waals surface area contributed by atoms with E-state index < -0.39 is 0 Å². The number of pyridine rings is 2. The van der Waals surface area contributed by atoms with E-state index in [0.717, 1.165) is 17.7 Å². The summed E-state index contributed by atoms with van der Waals surface area (Å²) in [6.07, 6.45) is 4.42. The number of anilines is 2. The maximum atomic E-state index is 13.2. The van der Waals surface area contributed by atoms with E-state index in [1.807, 2.05) is 55.1 Å². The normalized spacial score (nSPS) is 12.7. The minimum atomic E-state index is -0.0376. The highest BCUT2D eigenvalue weighted by Crippen LogP contribution is 2.30. The molecule has 0 bridgehead atoms. The molecule has 0 saturated carbocycles. The monoisotopic (exact) mass is 388 g/mol. The first-order valence-electron chi connectivity index (χ1n) is 9.82. The second kappa shape index (κ2) is 8.31. The summed E-state index contributed by atoms with van der Waals surface area (Å²) in [6, 6.07) is 15.5. The molecule has 0 radical (unpaired) electrons. The summed E-state index contributed by atoms with van der Waals surface area (Å²) < 4.78 is 5.57. The Labute approximate surface area is 170 Å². The van der Waals surface area contributed by atoms with Crippen LogP contribution in [0.3, 0.4) is 0 Å². The SMILES string of the molecule is CC(C)Oc1ccc(CNc2ncccc2C(=O)N2CCc3ccccc32)cn1. The van der Waals surface area contributed by atoms with E-state index in [1.165, 1.54) is 5.56 Å². The molecule has 4 rings (SSSR count). The van der Waals surface area contributed by atoms with E-state index in [4.69, 9.17) is 4.74 Å². The van der Waals surface area contributed by atoms with E-state index in [2.05, 4.69) is 21.4 Å². The van der Waals surface area contributed by atoms with Crippen molar-refractivity contribution in [2.45, 2.75) is 32.9 Å². The van der Waals surface area contributed by atoms with E-state index in [9.17, 15) is 4.79 Å². The average molecular weight is 388 g/mol. The van der Waals surface area contributed by atoms with Crippen molar-refractivity contribution in [2.75, 3.05) is 16.8 Å². The highest BCUT2D eigenvalue weighted by molar-refractivity contribution is 6.10. The standard InChI is InChI=1S/C23H24N4O2/c1-16(2)29-21-10-9-17(14-25-21)15-26-22-19(7-5-12-24-22)23(28)27-13-11-18-6-3-4-8-20(18)27/h3-10,12,14,16H,11,13,15H2,1-2H3,(H,24,26). The number of aromatic nitrogens is 2. The molecule has 1 aromatic carbocycles. The maximum Gasteiger partial charge on any atom is 0.262 e. The Kier molecular flexibility index (Phi) is 5.42. The second-order valence-corrected chi connectivity index (χ2v) is 7.26. The fraction of sp³-hybridized carbons (Fsp3) is 0.261. The van der Waals surface area contributed by atoms with Gasteiger partial charge < -0.3 is 15.0 Å². The van der Waals surface area contributed by atoms with Gasteiger partial charge in [-0.1, -0.05) is 24.3 Å². The van der Waals surface area contributed by atoms with Crippen LogP contribution in [0.4, 0.5) is 11.5 Å². The zero-order chi connectivity index (χ0) is 20.2.